The van der Waals surface area contributed by atoms with E-state index < -0.39 is 5.97 Å². The lowest BCUT2D eigenvalue weighted by atomic mass is 9.86. The van der Waals surface area contributed by atoms with Crippen molar-refractivity contribution < 1.29 is 14.6 Å². The quantitative estimate of drug-likeness (QED) is 0.295. The van der Waals surface area contributed by atoms with Gasteiger partial charge in [-0.25, -0.2) is 0 Å². The molecule has 34 heavy (non-hydrogen) atoms. The van der Waals surface area contributed by atoms with Gasteiger partial charge < -0.3 is 9.84 Å². The number of hydrogen-bond donors (Lipinski definition) is 1. The fourth-order valence-corrected chi connectivity index (χ4v) is 5.40. The van der Waals surface area contributed by atoms with E-state index in [1.807, 2.05) is 13.8 Å². The second-order valence-electron chi connectivity index (χ2n) is 11.8. The number of benzene rings is 1. The number of carboxylic acids is 1. The summed E-state index contributed by atoms with van der Waals surface area (Å²) in [5, 5.41) is 9.32. The molecule has 0 bridgehead atoms. The first-order valence-corrected chi connectivity index (χ1v) is 13.7. The van der Waals surface area contributed by atoms with Crippen LogP contribution in [0.25, 0.3) is 6.08 Å². The van der Waals surface area contributed by atoms with E-state index in [2.05, 4.69) is 53.7 Å². The summed E-state index contributed by atoms with van der Waals surface area (Å²) in [6, 6.07) is 0. The Balaban J connectivity index is 1.84. The van der Waals surface area contributed by atoms with E-state index >= 15 is 0 Å². The molecule has 1 aliphatic heterocycles. The molecule has 0 radical (unpaired) electrons. The molecule has 0 saturated carbocycles. The van der Waals surface area contributed by atoms with E-state index in [0.717, 1.165) is 64.2 Å². The third-order valence-electron chi connectivity index (χ3n) is 7.97. The molecule has 3 nitrogen and oxygen atoms in total. The van der Waals surface area contributed by atoms with Crippen LogP contribution in [-0.4, -0.2) is 16.7 Å². The maximum atomic E-state index is 11.3. The molecule has 192 valence electrons. The molecule has 2 unspecified atom stereocenters. The Labute approximate surface area is 209 Å². The predicted octanol–water partition coefficient (Wildman–Crippen LogP) is 8.84. The number of ether oxygens (including phenoxy) is 1. The zero-order chi connectivity index (χ0) is 25.5. The van der Waals surface area contributed by atoms with Gasteiger partial charge in [0.05, 0.1) is 6.42 Å². The fraction of sp³-hybridized carbons (Fsp3) is 0.710. The van der Waals surface area contributed by atoms with Crippen LogP contribution in [0.1, 0.15) is 120 Å². The molecule has 1 aromatic rings. The summed E-state index contributed by atoms with van der Waals surface area (Å²) >= 11 is 0. The summed E-state index contributed by atoms with van der Waals surface area (Å²) < 4.78 is 6.59. The van der Waals surface area contributed by atoms with E-state index in [9.17, 15) is 9.90 Å². The monoisotopic (exact) mass is 470 g/mol. The van der Waals surface area contributed by atoms with Crippen molar-refractivity contribution >= 4 is 12.0 Å². The summed E-state index contributed by atoms with van der Waals surface area (Å²) in [5.74, 6) is 2.60. The molecule has 1 heterocycles. The van der Waals surface area contributed by atoms with Crippen molar-refractivity contribution in [1.29, 1.82) is 0 Å². The lowest BCUT2D eigenvalue weighted by Gasteiger charge is -2.34. The van der Waals surface area contributed by atoms with Gasteiger partial charge in [0, 0.05) is 5.56 Å². The van der Waals surface area contributed by atoms with Gasteiger partial charge in [0.1, 0.15) is 11.4 Å². The second-order valence-corrected chi connectivity index (χ2v) is 11.8. The molecule has 0 spiro atoms. The van der Waals surface area contributed by atoms with Crippen LogP contribution in [0, 0.1) is 38.5 Å². The number of carbonyl (C=O) groups is 1. The van der Waals surface area contributed by atoms with Gasteiger partial charge in [0.2, 0.25) is 0 Å². The van der Waals surface area contributed by atoms with Crippen molar-refractivity contribution in [2.24, 2.45) is 17.8 Å². The van der Waals surface area contributed by atoms with Gasteiger partial charge in [0.25, 0.3) is 0 Å². The third-order valence-corrected chi connectivity index (χ3v) is 7.97. The van der Waals surface area contributed by atoms with E-state index in [0.29, 0.717) is 0 Å². The van der Waals surface area contributed by atoms with Crippen molar-refractivity contribution in [1.82, 2.24) is 0 Å². The molecule has 0 saturated heterocycles. The Bertz CT molecular complexity index is 851. The predicted molar refractivity (Wildman–Crippen MR) is 145 cm³/mol. The molecule has 0 aromatic heterocycles. The average Bonchev–Trinajstić information content (AvgIpc) is 2.74. The number of fused-ring (bicyclic) bond motifs is 1. The summed E-state index contributed by atoms with van der Waals surface area (Å²) in [7, 11) is 0. The van der Waals surface area contributed by atoms with Gasteiger partial charge in [-0.15, -0.1) is 0 Å². The van der Waals surface area contributed by atoms with Gasteiger partial charge in [-0.05, 0) is 86.6 Å². The van der Waals surface area contributed by atoms with Gasteiger partial charge in [-0.2, -0.15) is 0 Å². The molecular formula is C31H50O3. The van der Waals surface area contributed by atoms with Gasteiger partial charge in [0.15, 0.2) is 0 Å². The zero-order valence-electron chi connectivity index (χ0n) is 23.2. The minimum atomic E-state index is -0.786. The van der Waals surface area contributed by atoms with Crippen molar-refractivity contribution in [3.63, 3.8) is 0 Å². The first-order valence-electron chi connectivity index (χ1n) is 13.7. The maximum absolute atomic E-state index is 11.3. The van der Waals surface area contributed by atoms with Crippen LogP contribution >= 0.6 is 0 Å². The third kappa shape index (κ3) is 8.17. The first kappa shape index (κ1) is 28.5. The van der Waals surface area contributed by atoms with Gasteiger partial charge >= 0.3 is 5.97 Å². The highest BCUT2D eigenvalue weighted by Gasteiger charge is 2.30. The highest BCUT2D eigenvalue weighted by Crippen LogP contribution is 2.41. The van der Waals surface area contributed by atoms with Gasteiger partial charge in [-0.3, -0.25) is 4.79 Å². The van der Waals surface area contributed by atoms with E-state index in [1.54, 1.807) is 0 Å². The molecule has 0 amide bonds. The van der Waals surface area contributed by atoms with E-state index in [-0.39, 0.29) is 12.0 Å². The average molecular weight is 471 g/mol. The zero-order valence-corrected chi connectivity index (χ0v) is 23.2. The lowest BCUT2D eigenvalue weighted by molar-refractivity contribution is -0.136. The van der Waals surface area contributed by atoms with Crippen LogP contribution in [0.3, 0.4) is 0 Å². The van der Waals surface area contributed by atoms with Crippen LogP contribution in [-0.2, 0) is 11.2 Å². The molecule has 2 rings (SSSR count). The van der Waals surface area contributed by atoms with Crippen molar-refractivity contribution in [3.8, 4) is 5.75 Å². The molecule has 0 aliphatic carbocycles. The maximum Gasteiger partial charge on any atom is 0.307 e. The summed E-state index contributed by atoms with van der Waals surface area (Å²) in [5.41, 5.74) is 4.82. The Kier molecular flexibility index (Phi) is 10.7. The van der Waals surface area contributed by atoms with Crippen LogP contribution < -0.4 is 4.74 Å². The second kappa shape index (κ2) is 12.8. The molecule has 3 heteroatoms. The van der Waals surface area contributed by atoms with Crippen molar-refractivity contribution in [2.45, 2.75) is 125 Å². The summed E-state index contributed by atoms with van der Waals surface area (Å²) in [6.07, 6.45) is 16.0. The molecular weight excluding hydrogens is 420 g/mol. The Hall–Kier alpha value is -1.77. The highest BCUT2D eigenvalue weighted by molar-refractivity contribution is 5.76. The fourth-order valence-electron chi connectivity index (χ4n) is 5.40. The Morgan fingerprint density at radius 2 is 1.44 bits per heavy atom. The number of aliphatic carboxylic acids is 1. The standard InChI is InChI=1S/C31H50O3/c1-21(2)12-9-13-22(3)14-10-15-23(4)16-11-18-31(8)19-17-27-26(7)28(20-29(32)33)24(5)25(6)30(27)34-31/h17,19,21-23H,9-16,18,20H2,1-8H3,(H,32,33)/t22?,23?,31-/m0/s1. The summed E-state index contributed by atoms with van der Waals surface area (Å²) in [6.45, 7) is 17.8. The largest absolute Gasteiger partial charge is 0.483 e. The Morgan fingerprint density at radius 1 is 0.882 bits per heavy atom. The van der Waals surface area contributed by atoms with E-state index in [1.165, 1.54) is 44.9 Å². The van der Waals surface area contributed by atoms with Crippen LogP contribution in [0.2, 0.25) is 0 Å². The highest BCUT2D eigenvalue weighted by atomic mass is 16.5. The molecule has 0 fully saturated rings. The van der Waals surface area contributed by atoms with Crippen LogP contribution in [0.4, 0.5) is 0 Å². The van der Waals surface area contributed by atoms with Crippen LogP contribution in [0.5, 0.6) is 5.75 Å². The number of rotatable bonds is 14. The van der Waals surface area contributed by atoms with Gasteiger partial charge in [-0.1, -0.05) is 78.7 Å². The number of hydrogen-bond acceptors (Lipinski definition) is 2. The minimum absolute atomic E-state index is 0.0610. The van der Waals surface area contributed by atoms with Crippen molar-refractivity contribution in [2.75, 3.05) is 0 Å². The smallest absolute Gasteiger partial charge is 0.307 e. The molecule has 1 N–H and O–H groups in total. The van der Waals surface area contributed by atoms with Crippen molar-refractivity contribution in [3.05, 3.63) is 33.9 Å². The minimum Gasteiger partial charge on any atom is -0.483 e. The SMILES string of the molecule is Cc1c(C)c2c(c(C)c1CC(=O)O)C=C[C@](C)(CCCC(C)CCCC(C)CCCC(C)C)O2. The van der Waals surface area contributed by atoms with Crippen LogP contribution in [0.15, 0.2) is 6.08 Å². The number of carboxylic acid groups (broad SMARTS) is 1. The Morgan fingerprint density at radius 3 is 2.00 bits per heavy atom. The molecule has 1 aromatic carbocycles. The molecule has 1 aliphatic rings. The topological polar surface area (TPSA) is 46.5 Å². The molecule has 3 atom stereocenters. The van der Waals surface area contributed by atoms with E-state index in [4.69, 9.17) is 4.74 Å². The first-order chi connectivity index (χ1) is 15.9. The normalized spacial score (nSPS) is 19.1. The summed E-state index contributed by atoms with van der Waals surface area (Å²) in [4.78, 5) is 11.3. The lowest BCUT2D eigenvalue weighted by Crippen LogP contribution is -2.33.